The number of nitrogens with zero attached hydrogens (tertiary/aromatic N) is 7. The number of rotatable bonds is 5. The molecule has 11 nitrogen and oxygen atoms in total. The van der Waals surface area contributed by atoms with Crippen LogP contribution in [-0.4, -0.2) is 73.4 Å². The predicted octanol–water partition coefficient (Wildman–Crippen LogP) is 3.29. The van der Waals surface area contributed by atoms with Crippen molar-refractivity contribution in [1.29, 1.82) is 0 Å². The fourth-order valence-electron chi connectivity index (χ4n) is 6.14. The van der Waals surface area contributed by atoms with Gasteiger partial charge in [-0.25, -0.2) is 9.37 Å². The van der Waals surface area contributed by atoms with E-state index < -0.39 is 18.3 Å². The molecule has 0 radical (unpaired) electrons. The molecular formula is C31H37FN8O3. The molecular weight excluding hydrogens is 551 g/mol. The summed E-state index contributed by atoms with van der Waals surface area (Å²) in [7, 11) is 3.72. The number of hydrogen-bond acceptors (Lipinski definition) is 8. The summed E-state index contributed by atoms with van der Waals surface area (Å²) in [5.74, 6) is -0.222. The number of carbonyl (C=O) groups excluding carboxylic acids is 1. The first-order valence-corrected chi connectivity index (χ1v) is 14.7. The van der Waals surface area contributed by atoms with Gasteiger partial charge in [-0.15, -0.1) is 0 Å². The lowest BCUT2D eigenvalue weighted by Gasteiger charge is -2.37. The molecule has 1 saturated heterocycles. The standard InChI is InChI=1S/C31H37FN8O3/c1-20-7-5-4-6-10-38-12-13-39(31(43)28(38)27(20)32)29-24(19-41)23(8-9-33-29)21-15-25(30(42)37(3)17-21)34-26-16-22-18-36(2)11-14-40(22)35-26/h8-9,15-17,41H,1,4-7,10-14,18-19H2,2-3H3,(H,34,35). The number of aryl methyl sites for hydroxylation is 1. The second kappa shape index (κ2) is 11.8. The van der Waals surface area contributed by atoms with Gasteiger partial charge >= 0.3 is 0 Å². The number of carbonyl (C=O) groups is 1. The molecule has 6 rings (SSSR count). The van der Waals surface area contributed by atoms with E-state index in [9.17, 15) is 14.7 Å². The molecule has 1 amide bonds. The number of piperazine rings is 1. The van der Waals surface area contributed by atoms with Crippen LogP contribution in [0.2, 0.25) is 0 Å². The van der Waals surface area contributed by atoms with Crippen LogP contribution >= 0.6 is 0 Å². The summed E-state index contributed by atoms with van der Waals surface area (Å²) in [5, 5.41) is 18.4. The van der Waals surface area contributed by atoms with E-state index in [1.54, 1.807) is 31.6 Å². The lowest BCUT2D eigenvalue weighted by atomic mass is 10.0. The molecule has 0 bridgehead atoms. The van der Waals surface area contributed by atoms with Crippen molar-refractivity contribution < 1.29 is 14.3 Å². The van der Waals surface area contributed by atoms with Gasteiger partial charge in [0.25, 0.3) is 11.5 Å². The number of allylic oxidation sites excluding steroid dienone is 2. The van der Waals surface area contributed by atoms with Crippen LogP contribution in [0.5, 0.6) is 0 Å². The van der Waals surface area contributed by atoms with Crippen molar-refractivity contribution in [3.8, 4) is 11.1 Å². The van der Waals surface area contributed by atoms with Crippen molar-refractivity contribution in [2.75, 3.05) is 43.4 Å². The molecule has 0 spiro atoms. The van der Waals surface area contributed by atoms with Gasteiger partial charge < -0.3 is 19.9 Å². The molecule has 0 aromatic carbocycles. The number of halogens is 1. The maximum atomic E-state index is 15.6. The fourth-order valence-corrected chi connectivity index (χ4v) is 6.14. The second-order valence-corrected chi connectivity index (χ2v) is 11.5. The van der Waals surface area contributed by atoms with Crippen molar-refractivity contribution in [2.24, 2.45) is 7.05 Å². The Labute approximate surface area is 249 Å². The van der Waals surface area contributed by atoms with Crippen LogP contribution in [0.4, 0.5) is 21.7 Å². The summed E-state index contributed by atoms with van der Waals surface area (Å²) >= 11 is 0. The number of aromatic nitrogens is 4. The van der Waals surface area contributed by atoms with E-state index in [1.165, 1.54) is 9.47 Å². The highest BCUT2D eigenvalue weighted by Crippen LogP contribution is 2.35. The molecule has 3 aromatic heterocycles. The topological polar surface area (TPSA) is 112 Å². The van der Waals surface area contributed by atoms with Crippen LogP contribution in [0.15, 0.2) is 59.1 Å². The van der Waals surface area contributed by atoms with Crippen molar-refractivity contribution in [3.63, 3.8) is 0 Å². The van der Waals surface area contributed by atoms with E-state index >= 15 is 4.39 Å². The minimum atomic E-state index is -0.570. The number of aliphatic hydroxyl groups is 1. The highest BCUT2D eigenvalue weighted by Gasteiger charge is 2.36. The van der Waals surface area contributed by atoms with E-state index in [2.05, 4.69) is 33.9 Å². The smallest absolute Gasteiger partial charge is 0.278 e. The maximum Gasteiger partial charge on any atom is 0.278 e. The third kappa shape index (κ3) is 5.48. The maximum absolute atomic E-state index is 15.6. The zero-order valence-corrected chi connectivity index (χ0v) is 24.6. The summed E-state index contributed by atoms with van der Waals surface area (Å²) in [6.07, 6.45) is 6.41. The van der Waals surface area contributed by atoms with Gasteiger partial charge in [0.1, 0.15) is 17.2 Å². The number of aliphatic hydroxyl groups excluding tert-OH is 1. The van der Waals surface area contributed by atoms with Crippen LogP contribution in [-0.2, 0) is 31.5 Å². The molecule has 6 heterocycles. The van der Waals surface area contributed by atoms with Crippen LogP contribution in [0.3, 0.4) is 0 Å². The van der Waals surface area contributed by atoms with Gasteiger partial charge in [0.2, 0.25) is 0 Å². The Morgan fingerprint density at radius 2 is 1.91 bits per heavy atom. The van der Waals surface area contributed by atoms with Crippen LogP contribution in [0.25, 0.3) is 11.1 Å². The molecule has 0 unspecified atom stereocenters. The summed E-state index contributed by atoms with van der Waals surface area (Å²) < 4.78 is 19.0. The summed E-state index contributed by atoms with van der Waals surface area (Å²) in [6.45, 7) is 7.27. The predicted molar refractivity (Wildman–Crippen MR) is 162 cm³/mol. The number of hydrogen-bond donors (Lipinski definition) is 2. The number of fused-ring (bicyclic) bond motifs is 2. The first-order valence-electron chi connectivity index (χ1n) is 14.7. The van der Waals surface area contributed by atoms with Crippen molar-refractivity contribution in [2.45, 2.75) is 45.4 Å². The Morgan fingerprint density at radius 3 is 2.72 bits per heavy atom. The van der Waals surface area contributed by atoms with E-state index in [0.29, 0.717) is 59.8 Å². The van der Waals surface area contributed by atoms with Gasteiger partial charge in [-0.3, -0.25) is 24.1 Å². The molecule has 43 heavy (non-hydrogen) atoms. The molecule has 0 saturated carbocycles. The Kier molecular flexibility index (Phi) is 7.89. The summed E-state index contributed by atoms with van der Waals surface area (Å²) in [4.78, 5) is 36.9. The number of anilines is 3. The SMILES string of the molecule is C=C1CCCCCN2CCN(c3nccc(-c4cc(Nc5cc6n(n5)CCN(C)C6)c(=O)n(C)c4)c3CO)C(=O)C2=C1F. The number of nitrogens with one attached hydrogen (secondary N) is 1. The average molecular weight is 589 g/mol. The highest BCUT2D eigenvalue weighted by atomic mass is 19.1. The Balaban J connectivity index is 1.36. The zero-order valence-electron chi connectivity index (χ0n) is 24.6. The second-order valence-electron chi connectivity index (χ2n) is 11.5. The third-order valence-corrected chi connectivity index (χ3v) is 8.48. The molecule has 3 aromatic rings. The van der Waals surface area contributed by atoms with Crippen LogP contribution < -0.4 is 15.8 Å². The lowest BCUT2D eigenvalue weighted by molar-refractivity contribution is -0.118. The Bertz CT molecular complexity index is 1680. The average Bonchev–Trinajstić information content (AvgIpc) is 3.41. The van der Waals surface area contributed by atoms with E-state index in [-0.39, 0.29) is 17.1 Å². The Morgan fingerprint density at radius 1 is 1.07 bits per heavy atom. The Hall–Kier alpha value is -4.29. The van der Waals surface area contributed by atoms with Gasteiger partial charge in [0.15, 0.2) is 11.6 Å². The molecule has 0 atom stereocenters. The molecule has 3 aliphatic heterocycles. The summed E-state index contributed by atoms with van der Waals surface area (Å²) in [5.41, 5.74) is 3.16. The number of pyridine rings is 2. The van der Waals surface area contributed by atoms with E-state index in [4.69, 9.17) is 0 Å². The fraction of sp³-hybridized carbons (Fsp3) is 0.419. The van der Waals surface area contributed by atoms with E-state index in [0.717, 1.165) is 44.6 Å². The molecule has 226 valence electrons. The van der Waals surface area contributed by atoms with Crippen molar-refractivity contribution >= 4 is 23.2 Å². The zero-order chi connectivity index (χ0) is 30.2. The lowest BCUT2D eigenvalue weighted by Crippen LogP contribution is -2.50. The minimum absolute atomic E-state index is 0.0109. The van der Waals surface area contributed by atoms with Crippen LogP contribution in [0.1, 0.15) is 36.9 Å². The highest BCUT2D eigenvalue weighted by molar-refractivity contribution is 6.07. The number of amides is 1. The molecule has 12 heteroatoms. The van der Waals surface area contributed by atoms with E-state index in [1.807, 2.05) is 15.6 Å². The van der Waals surface area contributed by atoms with Gasteiger partial charge in [-0.2, -0.15) is 5.10 Å². The minimum Gasteiger partial charge on any atom is -0.392 e. The number of likely N-dealkylation sites (N-methyl/N-ethyl adjacent to an activating group) is 1. The summed E-state index contributed by atoms with van der Waals surface area (Å²) in [6, 6.07) is 5.40. The quantitative estimate of drug-likeness (QED) is 0.467. The molecule has 3 aliphatic rings. The van der Waals surface area contributed by atoms with Crippen LogP contribution in [0, 0.1) is 0 Å². The van der Waals surface area contributed by atoms with Crippen molar-refractivity contribution in [1.82, 2.24) is 29.1 Å². The third-order valence-electron chi connectivity index (χ3n) is 8.48. The largest absolute Gasteiger partial charge is 0.392 e. The first kappa shape index (κ1) is 28.8. The van der Waals surface area contributed by atoms with Gasteiger partial charge in [-0.05, 0) is 49.6 Å². The van der Waals surface area contributed by atoms with Gasteiger partial charge in [-0.1, -0.05) is 13.0 Å². The van der Waals surface area contributed by atoms with Crippen molar-refractivity contribution in [3.05, 3.63) is 75.9 Å². The monoisotopic (exact) mass is 588 g/mol. The first-order chi connectivity index (χ1) is 20.7. The normalized spacial score (nSPS) is 18.2. The van der Waals surface area contributed by atoms with Gasteiger partial charge in [0, 0.05) is 69.4 Å². The molecule has 1 fully saturated rings. The van der Waals surface area contributed by atoms with Gasteiger partial charge in [0.05, 0.1) is 18.8 Å². The molecule has 2 N–H and O–H groups in total. The molecule has 0 aliphatic carbocycles.